The Morgan fingerprint density at radius 1 is 1.29 bits per heavy atom. The van der Waals surface area contributed by atoms with Gasteiger partial charge in [0.2, 0.25) is 5.91 Å². The van der Waals surface area contributed by atoms with Gasteiger partial charge in [-0.05, 0) is 32.1 Å². The Morgan fingerprint density at radius 2 is 2.10 bits per heavy atom. The van der Waals surface area contributed by atoms with Crippen molar-refractivity contribution in [2.45, 2.75) is 50.2 Å². The van der Waals surface area contributed by atoms with E-state index in [4.69, 9.17) is 5.73 Å². The van der Waals surface area contributed by atoms with E-state index in [0.717, 1.165) is 45.2 Å². The van der Waals surface area contributed by atoms with Crippen LogP contribution in [0.5, 0.6) is 0 Å². The second-order valence-corrected chi connectivity index (χ2v) is 6.30. The van der Waals surface area contributed by atoms with Crippen molar-refractivity contribution < 1.29 is 4.79 Å². The standard InChI is InChI=1S/C15H25N5O/c16-12-4-7-19(8-5-12)10-15(21)18-13-2-1-3-14(13)20-9-6-17-11-20/h6,9,11-14H,1-5,7-8,10,16H2,(H,18,21). The van der Waals surface area contributed by atoms with Crippen LogP contribution in [-0.4, -0.2) is 52.1 Å². The minimum Gasteiger partial charge on any atom is -0.350 e. The van der Waals surface area contributed by atoms with Crippen LogP contribution in [0, 0.1) is 0 Å². The molecule has 1 aromatic rings. The predicted molar refractivity (Wildman–Crippen MR) is 80.7 cm³/mol. The molecule has 1 aliphatic carbocycles. The fourth-order valence-electron chi connectivity index (χ4n) is 3.50. The zero-order valence-electron chi connectivity index (χ0n) is 12.4. The van der Waals surface area contributed by atoms with Crippen LogP contribution in [0.15, 0.2) is 18.7 Å². The van der Waals surface area contributed by atoms with Crippen molar-refractivity contribution in [1.82, 2.24) is 19.8 Å². The molecule has 0 radical (unpaired) electrons. The molecule has 0 bridgehead atoms. The molecule has 6 nitrogen and oxygen atoms in total. The Kier molecular flexibility index (Phi) is 4.55. The van der Waals surface area contributed by atoms with E-state index in [0.29, 0.717) is 18.6 Å². The highest BCUT2D eigenvalue weighted by atomic mass is 16.2. The van der Waals surface area contributed by atoms with E-state index in [1.165, 1.54) is 0 Å². The number of amides is 1. The number of hydrogen-bond acceptors (Lipinski definition) is 4. The lowest BCUT2D eigenvalue weighted by molar-refractivity contribution is -0.123. The van der Waals surface area contributed by atoms with E-state index in [9.17, 15) is 4.79 Å². The van der Waals surface area contributed by atoms with Gasteiger partial charge in [-0.15, -0.1) is 0 Å². The molecule has 1 saturated carbocycles. The van der Waals surface area contributed by atoms with Gasteiger partial charge in [0.25, 0.3) is 0 Å². The number of nitrogens with one attached hydrogen (secondary N) is 1. The predicted octanol–water partition coefficient (Wildman–Crippen LogP) is 0.516. The summed E-state index contributed by atoms with van der Waals surface area (Å²) in [5.74, 6) is 0.141. The van der Waals surface area contributed by atoms with E-state index in [2.05, 4.69) is 19.8 Å². The van der Waals surface area contributed by atoms with Crippen LogP contribution < -0.4 is 11.1 Å². The van der Waals surface area contributed by atoms with Crippen LogP contribution in [0.3, 0.4) is 0 Å². The highest BCUT2D eigenvalue weighted by molar-refractivity contribution is 5.78. The van der Waals surface area contributed by atoms with Gasteiger partial charge in [-0.3, -0.25) is 9.69 Å². The van der Waals surface area contributed by atoms with Gasteiger partial charge >= 0.3 is 0 Å². The molecule has 2 heterocycles. The fourth-order valence-corrected chi connectivity index (χ4v) is 3.50. The SMILES string of the molecule is NC1CCN(CC(=O)NC2CCCC2n2ccnc2)CC1. The molecule has 2 aliphatic rings. The quantitative estimate of drug-likeness (QED) is 0.848. The monoisotopic (exact) mass is 291 g/mol. The Hall–Kier alpha value is -1.40. The van der Waals surface area contributed by atoms with Crippen molar-refractivity contribution >= 4 is 5.91 Å². The normalized spacial score (nSPS) is 27.9. The maximum absolute atomic E-state index is 12.3. The van der Waals surface area contributed by atoms with E-state index < -0.39 is 0 Å². The molecule has 21 heavy (non-hydrogen) atoms. The summed E-state index contributed by atoms with van der Waals surface area (Å²) in [6.07, 6.45) is 10.9. The number of hydrogen-bond donors (Lipinski definition) is 2. The van der Waals surface area contributed by atoms with Crippen LogP contribution in [-0.2, 0) is 4.79 Å². The minimum absolute atomic E-state index is 0.141. The zero-order valence-corrected chi connectivity index (χ0v) is 12.4. The average molecular weight is 291 g/mol. The molecule has 3 rings (SSSR count). The van der Waals surface area contributed by atoms with E-state index >= 15 is 0 Å². The molecule has 6 heteroatoms. The van der Waals surface area contributed by atoms with Crippen LogP contribution in [0.1, 0.15) is 38.1 Å². The third-order valence-electron chi connectivity index (χ3n) is 4.73. The first kappa shape index (κ1) is 14.5. The van der Waals surface area contributed by atoms with Crippen molar-refractivity contribution in [2.24, 2.45) is 5.73 Å². The lowest BCUT2D eigenvalue weighted by Crippen LogP contribution is -2.47. The van der Waals surface area contributed by atoms with Gasteiger partial charge in [0.15, 0.2) is 0 Å². The average Bonchev–Trinajstić information content (AvgIpc) is 3.11. The number of imidazole rings is 1. The first-order valence-corrected chi connectivity index (χ1v) is 7.97. The summed E-state index contributed by atoms with van der Waals surface area (Å²) in [5, 5.41) is 3.22. The number of likely N-dealkylation sites (tertiary alicyclic amines) is 1. The first-order chi connectivity index (χ1) is 10.2. The zero-order chi connectivity index (χ0) is 14.7. The maximum atomic E-state index is 12.3. The number of carbonyl (C=O) groups excluding carboxylic acids is 1. The topological polar surface area (TPSA) is 76.2 Å². The Bertz CT molecular complexity index is 453. The molecule has 2 atom stereocenters. The van der Waals surface area contributed by atoms with Crippen molar-refractivity contribution in [1.29, 1.82) is 0 Å². The van der Waals surface area contributed by atoms with Gasteiger partial charge in [0.1, 0.15) is 0 Å². The number of rotatable bonds is 4. The van der Waals surface area contributed by atoms with Crippen molar-refractivity contribution in [2.75, 3.05) is 19.6 Å². The molecular weight excluding hydrogens is 266 g/mol. The molecule has 1 aromatic heterocycles. The van der Waals surface area contributed by atoms with Gasteiger partial charge < -0.3 is 15.6 Å². The summed E-state index contributed by atoms with van der Waals surface area (Å²) < 4.78 is 2.12. The van der Waals surface area contributed by atoms with Gasteiger partial charge in [0.05, 0.1) is 18.9 Å². The Labute approximate surface area is 125 Å². The lowest BCUT2D eigenvalue weighted by atomic mass is 10.1. The third kappa shape index (κ3) is 3.63. The summed E-state index contributed by atoms with van der Waals surface area (Å²) in [4.78, 5) is 18.6. The minimum atomic E-state index is 0.141. The van der Waals surface area contributed by atoms with Crippen LogP contribution >= 0.6 is 0 Å². The fraction of sp³-hybridized carbons (Fsp3) is 0.733. The summed E-state index contributed by atoms with van der Waals surface area (Å²) >= 11 is 0. The van der Waals surface area contributed by atoms with Gasteiger partial charge in [-0.25, -0.2) is 4.98 Å². The Balaban J connectivity index is 1.50. The largest absolute Gasteiger partial charge is 0.350 e. The van der Waals surface area contributed by atoms with Crippen LogP contribution in [0.4, 0.5) is 0 Å². The number of aromatic nitrogens is 2. The third-order valence-corrected chi connectivity index (χ3v) is 4.73. The first-order valence-electron chi connectivity index (χ1n) is 7.97. The molecular formula is C15H25N5O. The van der Waals surface area contributed by atoms with Crippen molar-refractivity contribution in [3.05, 3.63) is 18.7 Å². The molecule has 1 amide bonds. The summed E-state index contributed by atoms with van der Waals surface area (Å²) in [7, 11) is 0. The lowest BCUT2D eigenvalue weighted by Gasteiger charge is -2.30. The van der Waals surface area contributed by atoms with Crippen molar-refractivity contribution in [3.63, 3.8) is 0 Å². The van der Waals surface area contributed by atoms with Crippen molar-refractivity contribution in [3.8, 4) is 0 Å². The van der Waals surface area contributed by atoms with Gasteiger partial charge in [-0.1, -0.05) is 0 Å². The molecule has 0 spiro atoms. The van der Waals surface area contributed by atoms with Crippen LogP contribution in [0.2, 0.25) is 0 Å². The smallest absolute Gasteiger partial charge is 0.234 e. The summed E-state index contributed by atoms with van der Waals surface area (Å²) in [5.41, 5.74) is 5.90. The van der Waals surface area contributed by atoms with E-state index in [1.807, 2.05) is 12.5 Å². The van der Waals surface area contributed by atoms with Gasteiger partial charge in [0, 0.05) is 37.6 Å². The second-order valence-electron chi connectivity index (χ2n) is 6.30. The molecule has 2 unspecified atom stereocenters. The summed E-state index contributed by atoms with van der Waals surface area (Å²) in [6.45, 7) is 2.37. The maximum Gasteiger partial charge on any atom is 0.234 e. The number of piperidine rings is 1. The number of nitrogens with two attached hydrogens (primary N) is 1. The molecule has 0 aromatic carbocycles. The van der Waals surface area contributed by atoms with Gasteiger partial charge in [-0.2, -0.15) is 0 Å². The highest BCUT2D eigenvalue weighted by Crippen LogP contribution is 2.29. The molecule has 3 N–H and O–H groups in total. The number of nitrogens with zero attached hydrogens (tertiary/aromatic N) is 3. The van der Waals surface area contributed by atoms with E-state index in [1.54, 1.807) is 6.20 Å². The molecule has 2 fully saturated rings. The van der Waals surface area contributed by atoms with Crippen LogP contribution in [0.25, 0.3) is 0 Å². The Morgan fingerprint density at radius 3 is 2.81 bits per heavy atom. The number of carbonyl (C=O) groups is 1. The molecule has 116 valence electrons. The summed E-state index contributed by atoms with van der Waals surface area (Å²) in [6, 6.07) is 0.898. The highest BCUT2D eigenvalue weighted by Gasteiger charge is 2.30. The molecule has 1 aliphatic heterocycles. The second kappa shape index (κ2) is 6.58. The molecule has 1 saturated heterocycles. The van der Waals surface area contributed by atoms with E-state index in [-0.39, 0.29) is 11.9 Å².